The van der Waals surface area contributed by atoms with Gasteiger partial charge in [-0.15, -0.1) is 14.6 Å². The smallest absolute Gasteiger partial charge is 0.338 e. The average Bonchev–Trinajstić information content (AvgIpc) is 3.40. The van der Waals surface area contributed by atoms with Crippen molar-refractivity contribution in [1.82, 2.24) is 10.2 Å². The van der Waals surface area contributed by atoms with E-state index in [1.807, 2.05) is 0 Å². The van der Waals surface area contributed by atoms with Gasteiger partial charge in [0.2, 0.25) is 5.89 Å². The molecule has 3 heterocycles. The molecule has 0 fully saturated rings. The van der Waals surface area contributed by atoms with Crippen molar-refractivity contribution >= 4 is 44.3 Å². The maximum absolute atomic E-state index is 12.5. The lowest BCUT2D eigenvalue weighted by molar-refractivity contribution is -0.384. The van der Waals surface area contributed by atoms with Crippen molar-refractivity contribution < 1.29 is 27.3 Å². The molecule has 0 spiro atoms. The van der Waals surface area contributed by atoms with Crippen LogP contribution in [0.2, 0.25) is 0 Å². The van der Waals surface area contributed by atoms with E-state index in [0.717, 1.165) is 5.69 Å². The first kappa shape index (κ1) is 21.1. The monoisotopic (exact) mass is 487 g/mol. The van der Waals surface area contributed by atoms with Crippen LogP contribution in [0.4, 0.5) is 11.4 Å². The molecule has 0 aliphatic carbocycles. The predicted octanol–water partition coefficient (Wildman–Crippen LogP) is 2.61. The normalized spacial score (nSPS) is 16.0. The molecule has 0 amide bonds. The lowest BCUT2D eigenvalue weighted by Crippen LogP contribution is -2.35. The minimum Gasteiger partial charge on any atom is -0.452 e. The molecule has 33 heavy (non-hydrogen) atoms. The summed E-state index contributed by atoms with van der Waals surface area (Å²) in [5.41, 5.74) is 1.49. The Hall–Kier alpha value is -3.78. The van der Waals surface area contributed by atoms with E-state index in [1.54, 1.807) is 23.1 Å². The Balaban J connectivity index is 1.25. The molecule has 3 aromatic rings. The van der Waals surface area contributed by atoms with Crippen LogP contribution in [0, 0.1) is 10.1 Å². The fourth-order valence-electron chi connectivity index (χ4n) is 3.22. The van der Waals surface area contributed by atoms with Gasteiger partial charge in [-0.1, -0.05) is 0 Å². The van der Waals surface area contributed by atoms with Crippen LogP contribution in [-0.2, 0) is 21.4 Å². The maximum Gasteiger partial charge on any atom is 0.338 e. The summed E-state index contributed by atoms with van der Waals surface area (Å²) in [6, 6.07) is 10.5. The number of anilines is 1. The molecule has 168 valence electrons. The van der Waals surface area contributed by atoms with Crippen LogP contribution < -0.4 is 4.90 Å². The Kier molecular flexibility index (Phi) is 5.09. The van der Waals surface area contributed by atoms with E-state index in [4.69, 9.17) is 9.15 Å². The highest BCUT2D eigenvalue weighted by atomic mass is 32.2. The molecule has 0 N–H and O–H groups in total. The van der Waals surface area contributed by atoms with Gasteiger partial charge >= 0.3 is 5.97 Å². The highest BCUT2D eigenvalue weighted by Crippen LogP contribution is 2.42. The molecule has 2 aliphatic rings. The van der Waals surface area contributed by atoms with Gasteiger partial charge in [-0.2, -0.15) is 0 Å². The van der Waals surface area contributed by atoms with Gasteiger partial charge < -0.3 is 14.1 Å². The molecule has 12 nitrogen and oxygen atoms in total. The van der Waals surface area contributed by atoms with E-state index in [2.05, 4.69) is 14.6 Å². The second-order valence-electron chi connectivity index (χ2n) is 6.98. The molecule has 5 rings (SSSR count). The molecule has 0 bridgehead atoms. The lowest BCUT2D eigenvalue weighted by Gasteiger charge is -2.22. The number of benzene rings is 2. The summed E-state index contributed by atoms with van der Waals surface area (Å²) in [7, 11) is -3.46. The second-order valence-corrected chi connectivity index (χ2v) is 9.74. The number of esters is 1. The Morgan fingerprint density at radius 2 is 2.00 bits per heavy atom. The fraction of sp³-hybridized carbons (Fsp3) is 0.158. The summed E-state index contributed by atoms with van der Waals surface area (Å²) in [5.74, 6) is -0.485. The summed E-state index contributed by atoms with van der Waals surface area (Å²) in [5, 5.41) is 18.8. The van der Waals surface area contributed by atoms with Gasteiger partial charge in [0.05, 0.1) is 21.9 Å². The van der Waals surface area contributed by atoms with Crippen LogP contribution in [0.15, 0.2) is 56.2 Å². The van der Waals surface area contributed by atoms with Crippen molar-refractivity contribution in [1.29, 1.82) is 0 Å². The number of non-ortho nitro benzene ring substituents is 1. The van der Waals surface area contributed by atoms with Gasteiger partial charge in [0, 0.05) is 29.1 Å². The van der Waals surface area contributed by atoms with Crippen molar-refractivity contribution in [2.75, 3.05) is 17.2 Å². The third-order valence-electron chi connectivity index (χ3n) is 4.83. The molecule has 2 aromatic carbocycles. The predicted molar refractivity (Wildman–Crippen MR) is 116 cm³/mol. The SMILES string of the molecule is O=C(OCc1nnc(-c2ccc([N+](=O)[O-])cc2)o1)c1ccc2c(c1)SC1=NS(=O)(=O)CCN12. The van der Waals surface area contributed by atoms with Crippen LogP contribution in [0.3, 0.4) is 0 Å². The van der Waals surface area contributed by atoms with Gasteiger partial charge in [0.25, 0.3) is 21.6 Å². The number of nitrogens with zero attached hydrogens (tertiary/aromatic N) is 5. The molecule has 0 radical (unpaired) electrons. The van der Waals surface area contributed by atoms with Crippen LogP contribution in [0.5, 0.6) is 0 Å². The van der Waals surface area contributed by atoms with Gasteiger partial charge in [0.15, 0.2) is 11.8 Å². The zero-order valence-electron chi connectivity index (χ0n) is 16.6. The molecule has 1 aromatic heterocycles. The summed E-state index contributed by atoms with van der Waals surface area (Å²) >= 11 is 1.18. The number of thioether (sulfide) groups is 1. The molecule has 0 unspecified atom stereocenters. The molecule has 2 aliphatic heterocycles. The molecule has 14 heteroatoms. The van der Waals surface area contributed by atoms with E-state index in [0.29, 0.717) is 22.2 Å². The number of fused-ring (bicyclic) bond motifs is 3. The number of aromatic nitrogens is 2. The number of nitro benzene ring substituents is 1. The van der Waals surface area contributed by atoms with Gasteiger partial charge in [0.1, 0.15) is 0 Å². The summed E-state index contributed by atoms with van der Waals surface area (Å²) < 4.78 is 37.9. The lowest BCUT2D eigenvalue weighted by atomic mass is 10.2. The highest BCUT2D eigenvalue weighted by Gasteiger charge is 2.33. The average molecular weight is 487 g/mol. The largest absolute Gasteiger partial charge is 0.452 e. The summed E-state index contributed by atoms with van der Waals surface area (Å²) in [6.45, 7) is 0.0410. The molecule has 0 saturated heterocycles. The first-order chi connectivity index (χ1) is 15.8. The van der Waals surface area contributed by atoms with E-state index in [9.17, 15) is 23.3 Å². The van der Waals surface area contributed by atoms with Crippen LogP contribution >= 0.6 is 11.8 Å². The number of rotatable bonds is 5. The number of hydrogen-bond donors (Lipinski definition) is 0. The van der Waals surface area contributed by atoms with Crippen molar-refractivity contribution in [3.8, 4) is 11.5 Å². The number of nitro groups is 1. The molecular formula is C19H13N5O7S2. The minimum absolute atomic E-state index is 0.0592. The first-order valence-corrected chi connectivity index (χ1v) is 11.9. The van der Waals surface area contributed by atoms with E-state index >= 15 is 0 Å². The van der Waals surface area contributed by atoms with E-state index in [1.165, 1.54) is 36.0 Å². The van der Waals surface area contributed by atoms with Crippen LogP contribution in [0.1, 0.15) is 16.2 Å². The third-order valence-corrected chi connectivity index (χ3v) is 7.13. The quantitative estimate of drug-likeness (QED) is 0.296. The topological polar surface area (TPSA) is 158 Å². The molecular weight excluding hydrogens is 474 g/mol. The first-order valence-electron chi connectivity index (χ1n) is 9.45. The Labute approximate surface area is 190 Å². The Morgan fingerprint density at radius 3 is 2.76 bits per heavy atom. The van der Waals surface area contributed by atoms with Crippen LogP contribution in [-0.4, -0.2) is 47.0 Å². The number of ether oxygens (including phenoxy) is 1. The van der Waals surface area contributed by atoms with E-state index in [-0.39, 0.29) is 35.4 Å². The standard InChI is InChI=1S/C19H13N5O7S2/c25-18(12-3-6-14-15(9-12)32-19-22-33(28,29)8-7-23(14)19)30-10-16-20-21-17(31-16)11-1-4-13(5-2-11)24(26)27/h1-6,9H,7-8,10H2. The van der Waals surface area contributed by atoms with Crippen molar-refractivity contribution in [3.05, 3.63) is 64.0 Å². The Bertz CT molecular complexity index is 1420. The number of amidine groups is 1. The molecule has 0 atom stereocenters. The number of carbonyl (C=O) groups is 1. The molecule has 0 saturated carbocycles. The number of hydrogen-bond acceptors (Lipinski definition) is 11. The number of carbonyl (C=O) groups excluding carboxylic acids is 1. The third kappa shape index (κ3) is 4.17. The zero-order chi connectivity index (χ0) is 23.2. The van der Waals surface area contributed by atoms with Crippen molar-refractivity contribution in [3.63, 3.8) is 0 Å². The van der Waals surface area contributed by atoms with Gasteiger partial charge in [-0.05, 0) is 42.1 Å². The second kappa shape index (κ2) is 7.97. The highest BCUT2D eigenvalue weighted by molar-refractivity contribution is 8.15. The zero-order valence-corrected chi connectivity index (χ0v) is 18.2. The van der Waals surface area contributed by atoms with E-state index < -0.39 is 20.9 Å². The maximum atomic E-state index is 12.5. The van der Waals surface area contributed by atoms with Crippen LogP contribution in [0.25, 0.3) is 11.5 Å². The summed E-state index contributed by atoms with van der Waals surface area (Å²) in [6.07, 6.45) is 0. The fourth-order valence-corrected chi connectivity index (χ4v) is 5.52. The van der Waals surface area contributed by atoms with Gasteiger partial charge in [-0.3, -0.25) is 10.1 Å². The number of sulfonamides is 1. The summed E-state index contributed by atoms with van der Waals surface area (Å²) in [4.78, 5) is 25.2. The minimum atomic E-state index is -3.46. The van der Waals surface area contributed by atoms with Crippen molar-refractivity contribution in [2.24, 2.45) is 4.40 Å². The Morgan fingerprint density at radius 1 is 1.21 bits per heavy atom. The van der Waals surface area contributed by atoms with Crippen molar-refractivity contribution in [2.45, 2.75) is 11.5 Å². The van der Waals surface area contributed by atoms with Gasteiger partial charge in [-0.25, -0.2) is 13.2 Å².